The van der Waals surface area contributed by atoms with Crippen LogP contribution in [0.4, 0.5) is 41.9 Å². The molecule has 0 radical (unpaired) electrons. The number of rotatable bonds is 3. The Bertz CT molecular complexity index is 890. The molecule has 0 heterocycles. The molecule has 0 amide bonds. The Kier molecular flexibility index (Phi) is 4.85. The molecule has 0 fully saturated rings. The topological polar surface area (TPSA) is 0 Å². The lowest BCUT2D eigenvalue weighted by atomic mass is 10.1. The van der Waals surface area contributed by atoms with Crippen LogP contribution in [-0.2, 0) is 12.4 Å². The van der Waals surface area contributed by atoms with E-state index in [0.29, 0.717) is 0 Å². The summed E-state index contributed by atoms with van der Waals surface area (Å²) in [5, 5.41) is -2.30. The van der Waals surface area contributed by atoms with Gasteiger partial charge in [0.2, 0.25) is 9.84 Å². The lowest BCUT2D eigenvalue weighted by Crippen LogP contribution is -2.17. The summed E-state index contributed by atoms with van der Waals surface area (Å²) in [5.41, 5.74) is -4.92. The van der Waals surface area contributed by atoms with Gasteiger partial charge in [-0.2, -0.15) is 26.3 Å². The largest absolute Gasteiger partial charge is 0.416 e. The highest BCUT2D eigenvalue weighted by Crippen LogP contribution is 3.02. The van der Waals surface area contributed by atoms with E-state index >= 15 is 0 Å². The predicted molar refractivity (Wildman–Crippen MR) is 87.0 cm³/mol. The van der Waals surface area contributed by atoms with E-state index in [9.17, 15) is 41.9 Å². The van der Waals surface area contributed by atoms with Crippen molar-refractivity contribution >= 4 is 26.5 Å². The van der Waals surface area contributed by atoms with E-state index in [1.54, 1.807) is 0 Å². The first-order valence-electron chi connectivity index (χ1n) is 7.06. The minimum Gasteiger partial charge on any atom is -0.166 e. The maximum Gasteiger partial charge on any atom is 0.416 e. The van der Waals surface area contributed by atoms with Crippen LogP contribution in [0.3, 0.4) is 0 Å². The molecule has 2 aromatic rings. The van der Waals surface area contributed by atoms with Crippen molar-refractivity contribution in [1.82, 2.24) is 0 Å². The molecule has 0 unspecified atom stereocenters. The van der Waals surface area contributed by atoms with Gasteiger partial charge in [0, 0.05) is 0 Å². The Balaban J connectivity index is 2.81. The molecular weight excluding hydrogens is 450 g/mol. The van der Waals surface area contributed by atoms with E-state index in [1.807, 2.05) is 0 Å². The SMILES string of the molecule is FC(F)(F)c1cc(C(F)(F)F)cc(S(F)(F)(F)(F)/C=C(/Cl)c2ccccc2)c1. The van der Waals surface area contributed by atoms with Gasteiger partial charge in [-0.05, 0) is 23.8 Å². The molecule has 0 nitrogen and oxygen atoms in total. The Labute approximate surface area is 156 Å². The third kappa shape index (κ3) is 4.93. The van der Waals surface area contributed by atoms with Crippen LogP contribution in [0.25, 0.3) is 5.03 Å². The molecule has 0 saturated heterocycles. The maximum atomic E-state index is 14.5. The molecule has 0 aliphatic rings. The number of hydrogen-bond donors (Lipinski definition) is 0. The average molecular weight is 459 g/mol. The number of hydrogen-bond acceptors (Lipinski definition) is 0. The van der Waals surface area contributed by atoms with Crippen molar-refractivity contribution < 1.29 is 41.9 Å². The van der Waals surface area contributed by atoms with Gasteiger partial charge in [0.15, 0.2) is 0 Å². The van der Waals surface area contributed by atoms with Crippen molar-refractivity contribution in [2.45, 2.75) is 17.2 Å². The first kappa shape index (κ1) is 22.4. The van der Waals surface area contributed by atoms with Crippen LogP contribution < -0.4 is 0 Å². The van der Waals surface area contributed by atoms with Crippen LogP contribution in [0, 0.1) is 0 Å². The van der Waals surface area contributed by atoms with Gasteiger partial charge in [0.25, 0.3) is 0 Å². The van der Waals surface area contributed by atoms with E-state index in [1.165, 1.54) is 18.2 Å². The Morgan fingerprint density at radius 1 is 0.750 bits per heavy atom. The van der Waals surface area contributed by atoms with Crippen LogP contribution in [0.2, 0.25) is 0 Å². The van der Waals surface area contributed by atoms with Crippen molar-refractivity contribution in [3.8, 4) is 0 Å². The van der Waals surface area contributed by atoms with E-state index < -0.39 is 66.9 Å². The summed E-state index contributed by atoms with van der Waals surface area (Å²) in [6.07, 6.45) is -11.1. The van der Waals surface area contributed by atoms with Gasteiger partial charge in [0.05, 0.1) is 26.5 Å². The highest BCUT2D eigenvalue weighted by atomic mass is 35.5. The third-order valence-corrected chi connectivity index (χ3v) is 5.83. The van der Waals surface area contributed by atoms with Gasteiger partial charge in [-0.15, -0.1) is 15.5 Å². The zero-order valence-corrected chi connectivity index (χ0v) is 14.8. The summed E-state index contributed by atoms with van der Waals surface area (Å²) < 4.78 is 135. The Morgan fingerprint density at radius 3 is 1.57 bits per heavy atom. The number of benzene rings is 2. The van der Waals surface area contributed by atoms with Crippen LogP contribution in [0.15, 0.2) is 58.8 Å². The molecule has 0 bridgehead atoms. The first-order valence-corrected chi connectivity index (χ1v) is 9.55. The second kappa shape index (κ2) is 6.06. The molecule has 0 N–H and O–H groups in total. The summed E-state index contributed by atoms with van der Waals surface area (Å²) >= 11 is 5.47. The van der Waals surface area contributed by atoms with Crippen LogP contribution in [0.5, 0.6) is 0 Å². The molecule has 0 saturated carbocycles. The highest BCUT2D eigenvalue weighted by molar-refractivity contribution is 8.52. The number of halogens is 11. The van der Waals surface area contributed by atoms with E-state index in [2.05, 4.69) is 0 Å². The summed E-state index contributed by atoms with van der Waals surface area (Å²) in [5.74, 6) is 0. The van der Waals surface area contributed by atoms with Crippen molar-refractivity contribution in [2.24, 2.45) is 0 Å². The van der Waals surface area contributed by atoms with Crippen molar-refractivity contribution in [2.75, 3.05) is 0 Å². The highest BCUT2D eigenvalue weighted by Gasteiger charge is 2.64. The zero-order chi connectivity index (χ0) is 21.7. The fourth-order valence-corrected chi connectivity index (χ4v) is 4.21. The average Bonchev–Trinajstić information content (AvgIpc) is 2.52. The monoisotopic (exact) mass is 458 g/mol. The molecule has 0 aliphatic heterocycles. The Morgan fingerprint density at radius 2 is 1.18 bits per heavy atom. The van der Waals surface area contributed by atoms with Gasteiger partial charge in [-0.25, -0.2) is 0 Å². The van der Waals surface area contributed by atoms with Crippen molar-refractivity contribution in [3.63, 3.8) is 0 Å². The molecule has 0 atom stereocenters. The molecular formula is C16H9ClF10S. The van der Waals surface area contributed by atoms with Crippen LogP contribution >= 0.6 is 21.4 Å². The first-order chi connectivity index (χ1) is 12.3. The summed E-state index contributed by atoms with van der Waals surface area (Å²) in [7, 11) is -9.79. The molecule has 0 spiro atoms. The molecule has 2 rings (SSSR count). The van der Waals surface area contributed by atoms with Crippen LogP contribution in [-0.4, -0.2) is 0 Å². The minimum atomic E-state index is -9.79. The van der Waals surface area contributed by atoms with Crippen molar-refractivity contribution in [3.05, 3.63) is 70.6 Å². The summed E-state index contributed by atoms with van der Waals surface area (Å²) in [6, 6.07) is 4.08. The molecule has 0 aliphatic carbocycles. The van der Waals surface area contributed by atoms with Gasteiger partial charge in [-0.1, -0.05) is 41.9 Å². The smallest absolute Gasteiger partial charge is 0.166 e. The van der Waals surface area contributed by atoms with E-state index in [-0.39, 0.29) is 5.56 Å². The summed E-state index contributed by atoms with van der Waals surface area (Å²) in [4.78, 5) is -2.71. The van der Waals surface area contributed by atoms with E-state index in [4.69, 9.17) is 11.6 Å². The molecule has 2 aromatic carbocycles. The van der Waals surface area contributed by atoms with Crippen LogP contribution in [0.1, 0.15) is 16.7 Å². The zero-order valence-electron chi connectivity index (χ0n) is 13.3. The molecule has 0 aromatic heterocycles. The predicted octanol–water partition coefficient (Wildman–Crippen LogP) is 8.73. The van der Waals surface area contributed by atoms with Gasteiger partial charge in [-0.3, -0.25) is 0 Å². The fraction of sp³-hybridized carbons (Fsp3) is 0.125. The fourth-order valence-electron chi connectivity index (χ4n) is 2.11. The van der Waals surface area contributed by atoms with Gasteiger partial charge in [0.1, 0.15) is 0 Å². The van der Waals surface area contributed by atoms with Crippen molar-refractivity contribution in [1.29, 1.82) is 0 Å². The molecule has 12 heteroatoms. The minimum absolute atomic E-state index is 0.331. The Hall–Kier alpha value is -1.88. The number of alkyl halides is 6. The second-order valence-corrected chi connectivity index (χ2v) is 9.09. The molecule has 28 heavy (non-hydrogen) atoms. The maximum absolute atomic E-state index is 14.5. The normalized spacial score (nSPS) is 16.5. The standard InChI is InChI=1S/C16H9ClF10S/c17-14(10-4-2-1-3-5-10)9-28(24,25,26,27)13-7-11(15(18,19)20)6-12(8-13)16(21,22)23/h1-9H/b14-9+. The van der Waals surface area contributed by atoms with E-state index in [0.717, 1.165) is 12.1 Å². The van der Waals surface area contributed by atoms with Gasteiger partial charge >= 0.3 is 12.4 Å². The van der Waals surface area contributed by atoms with Gasteiger partial charge < -0.3 is 0 Å². The molecule has 156 valence electrons. The quantitative estimate of drug-likeness (QED) is 0.403. The summed E-state index contributed by atoms with van der Waals surface area (Å²) in [6.45, 7) is 0. The lowest BCUT2D eigenvalue weighted by molar-refractivity contribution is -0.143. The lowest BCUT2D eigenvalue weighted by Gasteiger charge is -2.47. The third-order valence-electron chi connectivity index (χ3n) is 3.44. The second-order valence-electron chi connectivity index (χ2n) is 5.71.